The lowest BCUT2D eigenvalue weighted by Crippen LogP contribution is -2.03. The number of carboxylic acid groups (broad SMARTS) is 1. The Balaban J connectivity index is 3.31. The highest BCUT2D eigenvalue weighted by atomic mass is 16.5. The Morgan fingerprint density at radius 3 is 2.31 bits per heavy atom. The van der Waals surface area contributed by atoms with Gasteiger partial charge in [0.05, 0.1) is 6.61 Å². The van der Waals surface area contributed by atoms with E-state index in [0.717, 1.165) is 31.4 Å². The van der Waals surface area contributed by atoms with E-state index in [4.69, 9.17) is 9.84 Å². The second kappa shape index (κ2) is 10.2. The molecule has 0 aromatic heterocycles. The van der Waals surface area contributed by atoms with E-state index in [1.165, 1.54) is 19.3 Å². The second-order valence-electron chi connectivity index (χ2n) is 3.61. The number of carbonyl (C=O) groups is 2. The van der Waals surface area contributed by atoms with Gasteiger partial charge in [0.15, 0.2) is 0 Å². The lowest BCUT2D eigenvalue weighted by atomic mass is 10.1. The van der Waals surface area contributed by atoms with Gasteiger partial charge in [-0.3, -0.25) is 0 Å². The van der Waals surface area contributed by atoms with Crippen LogP contribution < -0.4 is 0 Å². The van der Waals surface area contributed by atoms with Crippen LogP contribution in [0.15, 0.2) is 12.2 Å². The molecule has 0 aromatic rings. The molecule has 92 valence electrons. The Labute approximate surface area is 96.3 Å². The van der Waals surface area contributed by atoms with Crippen LogP contribution in [-0.2, 0) is 14.3 Å². The standard InChI is InChI=1S/C12H20O4/c1-2-3-4-5-6-7-10-16-12(15)9-8-11(13)14/h8-9H,2-7,10H2,1H3,(H,13,14)/b9-8+. The maximum Gasteiger partial charge on any atom is 0.331 e. The summed E-state index contributed by atoms with van der Waals surface area (Å²) >= 11 is 0. The smallest absolute Gasteiger partial charge is 0.331 e. The fraction of sp³-hybridized carbons (Fsp3) is 0.667. The highest BCUT2D eigenvalue weighted by Gasteiger charge is 1.97. The predicted molar refractivity (Wildman–Crippen MR) is 61.1 cm³/mol. The quantitative estimate of drug-likeness (QED) is 0.374. The largest absolute Gasteiger partial charge is 0.478 e. The van der Waals surface area contributed by atoms with Gasteiger partial charge >= 0.3 is 11.9 Å². The number of aliphatic carboxylic acids is 1. The van der Waals surface area contributed by atoms with Gasteiger partial charge in [0.2, 0.25) is 0 Å². The Hall–Kier alpha value is -1.32. The summed E-state index contributed by atoms with van der Waals surface area (Å²) in [5, 5.41) is 8.26. The third-order valence-electron chi connectivity index (χ3n) is 2.10. The number of unbranched alkanes of at least 4 members (excludes halogenated alkanes) is 5. The van der Waals surface area contributed by atoms with Gasteiger partial charge < -0.3 is 9.84 Å². The van der Waals surface area contributed by atoms with Crippen LogP contribution in [0, 0.1) is 0 Å². The molecule has 0 rings (SSSR count). The minimum atomic E-state index is -1.14. The molecule has 0 aliphatic heterocycles. The summed E-state index contributed by atoms with van der Waals surface area (Å²) in [4.78, 5) is 21.0. The SMILES string of the molecule is CCCCCCCCOC(=O)/C=C/C(=O)O. The van der Waals surface area contributed by atoms with E-state index in [1.807, 2.05) is 0 Å². The zero-order chi connectivity index (χ0) is 12.2. The Kier molecular flexibility index (Phi) is 9.36. The van der Waals surface area contributed by atoms with Gasteiger partial charge in [0.25, 0.3) is 0 Å². The number of ether oxygens (including phenoxy) is 1. The Bertz CT molecular complexity index is 233. The van der Waals surface area contributed by atoms with Crippen molar-refractivity contribution in [3.05, 3.63) is 12.2 Å². The number of esters is 1. The van der Waals surface area contributed by atoms with Crippen LogP contribution in [0.5, 0.6) is 0 Å². The van der Waals surface area contributed by atoms with Crippen molar-refractivity contribution in [2.75, 3.05) is 6.61 Å². The first-order valence-corrected chi connectivity index (χ1v) is 5.74. The van der Waals surface area contributed by atoms with Crippen LogP contribution in [0.2, 0.25) is 0 Å². The number of rotatable bonds is 9. The third-order valence-corrected chi connectivity index (χ3v) is 2.10. The van der Waals surface area contributed by atoms with Gasteiger partial charge in [-0.2, -0.15) is 0 Å². The van der Waals surface area contributed by atoms with E-state index >= 15 is 0 Å². The first-order chi connectivity index (χ1) is 7.66. The van der Waals surface area contributed by atoms with E-state index in [2.05, 4.69) is 6.92 Å². The van der Waals surface area contributed by atoms with Gasteiger partial charge in [-0.05, 0) is 6.42 Å². The zero-order valence-electron chi connectivity index (χ0n) is 9.78. The molecule has 0 aliphatic carbocycles. The zero-order valence-corrected chi connectivity index (χ0v) is 9.78. The first-order valence-electron chi connectivity index (χ1n) is 5.74. The van der Waals surface area contributed by atoms with E-state index < -0.39 is 11.9 Å². The van der Waals surface area contributed by atoms with Gasteiger partial charge in [0, 0.05) is 12.2 Å². The van der Waals surface area contributed by atoms with E-state index in [1.54, 1.807) is 0 Å². The van der Waals surface area contributed by atoms with Crippen LogP contribution in [-0.4, -0.2) is 23.7 Å². The fourth-order valence-electron chi connectivity index (χ4n) is 1.24. The lowest BCUT2D eigenvalue weighted by Gasteiger charge is -2.01. The molecule has 0 aromatic carbocycles. The molecule has 0 fully saturated rings. The van der Waals surface area contributed by atoms with Crippen molar-refractivity contribution < 1.29 is 19.4 Å². The summed E-state index contributed by atoms with van der Waals surface area (Å²) in [6.07, 6.45) is 8.46. The van der Waals surface area contributed by atoms with Crippen molar-refractivity contribution in [3.63, 3.8) is 0 Å². The minimum Gasteiger partial charge on any atom is -0.478 e. The number of carbonyl (C=O) groups excluding carboxylic acids is 1. The molecule has 0 spiro atoms. The van der Waals surface area contributed by atoms with Crippen molar-refractivity contribution in [1.29, 1.82) is 0 Å². The van der Waals surface area contributed by atoms with Crippen molar-refractivity contribution in [2.45, 2.75) is 45.4 Å². The van der Waals surface area contributed by atoms with Gasteiger partial charge in [-0.25, -0.2) is 9.59 Å². The highest BCUT2D eigenvalue weighted by Crippen LogP contribution is 2.04. The number of hydrogen-bond acceptors (Lipinski definition) is 3. The van der Waals surface area contributed by atoms with Crippen molar-refractivity contribution in [3.8, 4) is 0 Å². The predicted octanol–water partition coefficient (Wildman–Crippen LogP) is 2.53. The molecule has 0 saturated carbocycles. The first kappa shape index (κ1) is 14.7. The van der Waals surface area contributed by atoms with Crippen LogP contribution in [0.4, 0.5) is 0 Å². The van der Waals surface area contributed by atoms with Crippen LogP contribution in [0.1, 0.15) is 45.4 Å². The molecule has 0 saturated heterocycles. The van der Waals surface area contributed by atoms with Gasteiger partial charge in [-0.15, -0.1) is 0 Å². The molecule has 4 heteroatoms. The molecular weight excluding hydrogens is 208 g/mol. The number of carboxylic acids is 1. The highest BCUT2D eigenvalue weighted by molar-refractivity contribution is 5.90. The molecule has 0 heterocycles. The van der Waals surface area contributed by atoms with Gasteiger partial charge in [0.1, 0.15) is 0 Å². The molecular formula is C12H20O4. The summed E-state index contributed by atoms with van der Waals surface area (Å²) in [5.41, 5.74) is 0. The molecule has 4 nitrogen and oxygen atoms in total. The minimum absolute atomic E-state index is 0.370. The van der Waals surface area contributed by atoms with Crippen molar-refractivity contribution >= 4 is 11.9 Å². The van der Waals surface area contributed by atoms with Crippen molar-refractivity contribution in [1.82, 2.24) is 0 Å². The van der Waals surface area contributed by atoms with Crippen molar-refractivity contribution in [2.24, 2.45) is 0 Å². The monoisotopic (exact) mass is 228 g/mol. The topological polar surface area (TPSA) is 63.6 Å². The van der Waals surface area contributed by atoms with E-state index in [9.17, 15) is 9.59 Å². The average molecular weight is 228 g/mol. The molecule has 0 bridgehead atoms. The summed E-state index contributed by atoms with van der Waals surface area (Å²) in [5.74, 6) is -1.73. The summed E-state index contributed by atoms with van der Waals surface area (Å²) in [7, 11) is 0. The molecule has 16 heavy (non-hydrogen) atoms. The van der Waals surface area contributed by atoms with Crippen LogP contribution >= 0.6 is 0 Å². The van der Waals surface area contributed by atoms with E-state index in [-0.39, 0.29) is 0 Å². The molecule has 0 amide bonds. The lowest BCUT2D eigenvalue weighted by molar-refractivity contribution is -0.138. The molecule has 1 N–H and O–H groups in total. The summed E-state index contributed by atoms with van der Waals surface area (Å²) < 4.78 is 4.81. The maximum atomic E-state index is 10.9. The summed E-state index contributed by atoms with van der Waals surface area (Å²) in [6, 6.07) is 0. The molecule has 0 aliphatic rings. The number of hydrogen-bond donors (Lipinski definition) is 1. The normalized spacial score (nSPS) is 10.6. The maximum absolute atomic E-state index is 10.9. The second-order valence-corrected chi connectivity index (χ2v) is 3.61. The summed E-state index contributed by atoms with van der Waals surface area (Å²) in [6.45, 7) is 2.53. The Morgan fingerprint density at radius 1 is 1.06 bits per heavy atom. The fourth-order valence-corrected chi connectivity index (χ4v) is 1.24. The van der Waals surface area contributed by atoms with E-state index in [0.29, 0.717) is 6.61 Å². The van der Waals surface area contributed by atoms with Crippen LogP contribution in [0.25, 0.3) is 0 Å². The third kappa shape index (κ3) is 10.8. The molecule has 0 unspecified atom stereocenters. The average Bonchev–Trinajstić information content (AvgIpc) is 2.25. The Morgan fingerprint density at radius 2 is 1.69 bits per heavy atom. The molecule has 0 atom stereocenters. The van der Waals surface area contributed by atoms with Gasteiger partial charge in [-0.1, -0.05) is 39.0 Å². The molecule has 0 radical (unpaired) electrons. The van der Waals surface area contributed by atoms with Crippen LogP contribution in [0.3, 0.4) is 0 Å².